The van der Waals surface area contributed by atoms with E-state index in [4.69, 9.17) is 20.2 Å². The Morgan fingerprint density at radius 2 is 1.92 bits per heavy atom. The Morgan fingerprint density at radius 1 is 1.18 bits per heavy atom. The Hall–Kier alpha value is -3.31. The number of sulfone groups is 1. The van der Waals surface area contributed by atoms with Gasteiger partial charge in [-0.15, -0.1) is 0 Å². The van der Waals surface area contributed by atoms with Gasteiger partial charge in [0.05, 0.1) is 27.3 Å². The lowest BCUT2D eigenvalue weighted by Gasteiger charge is -2.34. The highest BCUT2D eigenvalue weighted by molar-refractivity contribution is 7.91. The van der Waals surface area contributed by atoms with E-state index in [1.54, 1.807) is 24.5 Å². The van der Waals surface area contributed by atoms with Crippen molar-refractivity contribution in [1.29, 1.82) is 0 Å². The number of carbonyl (C=O) groups excluding carboxylic acids is 1. The summed E-state index contributed by atoms with van der Waals surface area (Å²) in [4.78, 5) is 26.4. The van der Waals surface area contributed by atoms with Crippen LogP contribution < -0.4 is 15.8 Å². The molecule has 0 aromatic carbocycles. The van der Waals surface area contributed by atoms with E-state index in [0.29, 0.717) is 47.7 Å². The van der Waals surface area contributed by atoms with E-state index in [1.807, 2.05) is 26.8 Å². The molecule has 3 aliphatic rings. The fourth-order valence-corrected chi connectivity index (χ4v) is 6.68. The Bertz CT molecular complexity index is 1600. The number of rotatable bonds is 7. The number of nitrogens with two attached hydrogens (primary N) is 1. The van der Waals surface area contributed by atoms with Crippen molar-refractivity contribution in [2.45, 2.75) is 81.3 Å². The first-order chi connectivity index (χ1) is 18.4. The van der Waals surface area contributed by atoms with Crippen molar-refractivity contribution in [2.24, 2.45) is 5.73 Å². The molecule has 3 aromatic rings. The number of nitrogens with zero attached hydrogens (tertiary/aromatic N) is 3. The number of carbonyl (C=O) groups is 1. The average molecular weight is 552 g/mol. The summed E-state index contributed by atoms with van der Waals surface area (Å²) in [6, 6.07) is 5.43. The molecule has 2 fully saturated rings. The van der Waals surface area contributed by atoms with Crippen LogP contribution in [0, 0.1) is 0 Å². The molecular formula is C28H33N5O5S. The molecular weight excluding hydrogens is 518 g/mol. The predicted octanol–water partition coefficient (Wildman–Crippen LogP) is 3.90. The molecule has 10 nitrogen and oxygen atoms in total. The van der Waals surface area contributed by atoms with Gasteiger partial charge in [0.2, 0.25) is 5.88 Å². The summed E-state index contributed by atoms with van der Waals surface area (Å²) in [6.45, 7) is 5.91. The number of esters is 1. The van der Waals surface area contributed by atoms with Crippen LogP contribution in [0.3, 0.4) is 0 Å². The van der Waals surface area contributed by atoms with E-state index < -0.39 is 15.4 Å². The quantitative estimate of drug-likeness (QED) is 0.415. The number of aromatic nitrogens is 3. The average Bonchev–Trinajstić information content (AvgIpc) is 3.66. The minimum absolute atomic E-state index is 0.202. The molecule has 11 heteroatoms. The summed E-state index contributed by atoms with van der Waals surface area (Å²) in [5.41, 5.74) is 7.97. The smallest absolute Gasteiger partial charge is 0.340 e. The first-order valence-electron chi connectivity index (χ1n) is 13.3. The fourth-order valence-electron chi connectivity index (χ4n) is 5.55. The van der Waals surface area contributed by atoms with Crippen molar-refractivity contribution in [3.8, 4) is 5.88 Å². The van der Waals surface area contributed by atoms with Crippen molar-refractivity contribution >= 4 is 38.2 Å². The molecule has 2 atom stereocenters. The second-order valence-corrected chi connectivity index (χ2v) is 13.8. The summed E-state index contributed by atoms with van der Waals surface area (Å²) in [5, 5.41) is 4.47. The molecule has 1 spiro atoms. The summed E-state index contributed by atoms with van der Waals surface area (Å²) in [5.74, 6) is 1.23. The summed E-state index contributed by atoms with van der Waals surface area (Å²) < 4.78 is 35.3. The highest BCUT2D eigenvalue weighted by atomic mass is 32.2. The Kier molecular flexibility index (Phi) is 5.89. The van der Waals surface area contributed by atoms with Gasteiger partial charge in [0.25, 0.3) is 0 Å². The molecule has 2 aliphatic carbocycles. The topological polar surface area (TPSA) is 146 Å². The van der Waals surface area contributed by atoms with Crippen LogP contribution in [0.5, 0.6) is 5.88 Å². The van der Waals surface area contributed by atoms with Crippen LogP contribution in [0.15, 0.2) is 30.6 Å². The third-order valence-corrected chi connectivity index (χ3v) is 10.3. The molecule has 0 saturated heterocycles. The van der Waals surface area contributed by atoms with Crippen molar-refractivity contribution in [3.63, 3.8) is 0 Å². The molecule has 206 valence electrons. The van der Waals surface area contributed by atoms with Crippen LogP contribution in [0.2, 0.25) is 0 Å². The van der Waals surface area contributed by atoms with Crippen molar-refractivity contribution in [1.82, 2.24) is 15.0 Å². The zero-order chi connectivity index (χ0) is 27.7. The van der Waals surface area contributed by atoms with E-state index >= 15 is 0 Å². The van der Waals surface area contributed by atoms with Crippen LogP contribution in [0.25, 0.3) is 10.8 Å². The van der Waals surface area contributed by atoms with E-state index in [1.165, 1.54) is 6.26 Å². The van der Waals surface area contributed by atoms with Crippen LogP contribution in [0.1, 0.15) is 74.5 Å². The van der Waals surface area contributed by atoms with Gasteiger partial charge in [0.1, 0.15) is 23.8 Å². The molecule has 6 rings (SSSR count). The van der Waals surface area contributed by atoms with Gasteiger partial charge in [-0.1, -0.05) is 6.92 Å². The molecule has 1 aliphatic heterocycles. The Labute approximate surface area is 227 Å². The summed E-state index contributed by atoms with van der Waals surface area (Å²) >= 11 is 0. The number of anilines is 2. The lowest BCUT2D eigenvalue weighted by atomic mass is 9.88. The third kappa shape index (κ3) is 4.41. The highest BCUT2D eigenvalue weighted by Gasteiger charge is 2.56. The minimum atomic E-state index is -3.08. The van der Waals surface area contributed by atoms with Gasteiger partial charge in [0.15, 0.2) is 9.84 Å². The van der Waals surface area contributed by atoms with Gasteiger partial charge in [-0.3, -0.25) is 0 Å². The first kappa shape index (κ1) is 25.9. The van der Waals surface area contributed by atoms with Gasteiger partial charge < -0.3 is 20.5 Å². The molecule has 0 bridgehead atoms. The summed E-state index contributed by atoms with van der Waals surface area (Å²) in [7, 11) is -3.08. The predicted molar refractivity (Wildman–Crippen MR) is 147 cm³/mol. The maximum Gasteiger partial charge on any atom is 0.340 e. The van der Waals surface area contributed by atoms with Crippen molar-refractivity contribution in [2.75, 3.05) is 11.6 Å². The van der Waals surface area contributed by atoms with Crippen LogP contribution in [0.4, 0.5) is 11.6 Å². The van der Waals surface area contributed by atoms with Crippen LogP contribution in [-0.2, 0) is 25.5 Å². The number of fused-ring (bicyclic) bond motifs is 3. The molecule has 2 saturated carbocycles. The van der Waals surface area contributed by atoms with Crippen LogP contribution in [-0.4, -0.2) is 53.1 Å². The molecule has 3 aromatic heterocycles. The van der Waals surface area contributed by atoms with E-state index in [2.05, 4.69) is 15.3 Å². The normalized spacial score (nSPS) is 24.8. The number of cyclic esters (lactones) is 1. The molecule has 3 N–H and O–H groups in total. The molecule has 39 heavy (non-hydrogen) atoms. The molecule has 4 heterocycles. The van der Waals surface area contributed by atoms with Gasteiger partial charge in [-0.2, -0.15) is 0 Å². The van der Waals surface area contributed by atoms with Crippen molar-refractivity contribution < 1.29 is 22.7 Å². The minimum Gasteiger partial charge on any atom is -0.474 e. The molecule has 0 radical (unpaired) electrons. The highest BCUT2D eigenvalue weighted by Crippen LogP contribution is 2.54. The zero-order valence-electron chi connectivity index (χ0n) is 22.5. The maximum atomic E-state index is 12.4. The van der Waals surface area contributed by atoms with E-state index in [-0.39, 0.29) is 28.8 Å². The van der Waals surface area contributed by atoms with Gasteiger partial charge >= 0.3 is 5.97 Å². The molecule has 0 amide bonds. The largest absolute Gasteiger partial charge is 0.474 e. The SMILES string of the molecule is CCC(C)(N)c1cnc(O[C@H]2C[C@@H](S(C)(=O)=O)C2)c2cnc(Nc3ccc4c(n3)C3(CC3)[C@@H](C)OC4=O)cc12. The number of nitrogens with one attached hydrogen (secondary N) is 1. The number of pyridine rings is 3. The van der Waals surface area contributed by atoms with Gasteiger partial charge in [0, 0.05) is 37.0 Å². The second kappa shape index (κ2) is 8.85. The Balaban J connectivity index is 1.34. The maximum absolute atomic E-state index is 12.4. The fraction of sp³-hybridized carbons (Fsp3) is 0.500. The zero-order valence-corrected chi connectivity index (χ0v) is 23.3. The first-order valence-corrected chi connectivity index (χ1v) is 15.3. The van der Waals surface area contributed by atoms with Gasteiger partial charge in [-0.25, -0.2) is 28.2 Å². The van der Waals surface area contributed by atoms with Crippen molar-refractivity contribution in [3.05, 3.63) is 47.4 Å². The molecule has 1 unspecified atom stereocenters. The lowest BCUT2D eigenvalue weighted by molar-refractivity contribution is 0.0183. The number of hydrogen-bond acceptors (Lipinski definition) is 10. The summed E-state index contributed by atoms with van der Waals surface area (Å²) in [6.07, 6.45) is 7.73. The van der Waals surface area contributed by atoms with E-state index in [9.17, 15) is 13.2 Å². The lowest BCUT2D eigenvalue weighted by Crippen LogP contribution is -2.42. The standard InChI is InChI=1S/C28H33N5O5S/c1-5-27(3,29)21-14-31-25(38-16-10-17(11-16)39(4,35)36)20-13-30-23(12-19(20)21)32-22-7-6-18-24(33-22)28(8-9-28)15(2)37-26(18)34/h6-7,12-17H,5,8-11,29H2,1-4H3,(H,30,32,33)/t15-,16-,17+,27?/m1/s1. The Morgan fingerprint density at radius 3 is 2.59 bits per heavy atom. The monoisotopic (exact) mass is 551 g/mol. The number of ether oxygens (including phenoxy) is 2. The second-order valence-electron chi connectivity index (χ2n) is 11.4. The van der Waals surface area contributed by atoms with Crippen LogP contribution >= 0.6 is 0 Å². The van der Waals surface area contributed by atoms with Gasteiger partial charge in [-0.05, 0) is 62.3 Å². The third-order valence-electron chi connectivity index (χ3n) is 8.71. The number of hydrogen-bond donors (Lipinski definition) is 2. The van der Waals surface area contributed by atoms with E-state index in [0.717, 1.165) is 29.5 Å².